The summed E-state index contributed by atoms with van der Waals surface area (Å²) in [5.41, 5.74) is 0. The number of hydrogen-bond donors (Lipinski definition) is 0. The molecule has 0 amide bonds. The van der Waals surface area contributed by atoms with Crippen LogP contribution in [0.4, 0.5) is 0 Å². The molecule has 0 radical (unpaired) electrons. The van der Waals surface area contributed by atoms with Crippen molar-refractivity contribution in [1.29, 1.82) is 0 Å². The van der Waals surface area contributed by atoms with Gasteiger partial charge in [-0.1, -0.05) is 25.7 Å². The van der Waals surface area contributed by atoms with Gasteiger partial charge < -0.3 is 9.16 Å². The number of hydrogen-bond acceptors (Lipinski definition) is 2. The molecule has 0 aliphatic carbocycles. The van der Waals surface area contributed by atoms with Gasteiger partial charge in [0.2, 0.25) is 0 Å². The van der Waals surface area contributed by atoms with E-state index in [2.05, 4.69) is 19.6 Å². The van der Waals surface area contributed by atoms with Gasteiger partial charge in [-0.2, -0.15) is 0 Å². The Kier molecular flexibility index (Phi) is 9.45. The van der Waals surface area contributed by atoms with Crippen LogP contribution in [-0.4, -0.2) is 28.6 Å². The topological polar surface area (TPSA) is 18.5 Å². The molecule has 0 N–H and O–H groups in total. The van der Waals surface area contributed by atoms with Crippen molar-refractivity contribution in [3.8, 4) is 0 Å². The quantitative estimate of drug-likeness (QED) is 0.421. The summed E-state index contributed by atoms with van der Waals surface area (Å²) in [7, 11) is 0.512. The molecule has 0 bridgehead atoms. The van der Waals surface area contributed by atoms with E-state index in [1.54, 1.807) is 7.11 Å². The molecule has 0 spiro atoms. The van der Waals surface area contributed by atoms with Crippen LogP contribution in [0.3, 0.4) is 0 Å². The van der Waals surface area contributed by atoms with E-state index in [-0.39, 0.29) is 0 Å². The molecule has 0 atom stereocenters. The van der Waals surface area contributed by atoms with Crippen molar-refractivity contribution in [2.24, 2.45) is 0 Å². The van der Waals surface area contributed by atoms with E-state index in [4.69, 9.17) is 9.16 Å². The van der Waals surface area contributed by atoms with Gasteiger partial charge >= 0.3 is 0 Å². The Morgan fingerprint density at radius 1 is 0.733 bits per heavy atom. The van der Waals surface area contributed by atoms with E-state index in [0.29, 0.717) is 0 Å². The van der Waals surface area contributed by atoms with Crippen LogP contribution in [-0.2, 0) is 9.16 Å². The highest BCUT2D eigenvalue weighted by atomic mass is 28.4. The minimum atomic E-state index is -1.26. The lowest BCUT2D eigenvalue weighted by molar-refractivity contribution is 0.191. The first-order chi connectivity index (χ1) is 7.06. The smallest absolute Gasteiger partial charge is 0.183 e. The van der Waals surface area contributed by atoms with Crippen LogP contribution in [0.2, 0.25) is 19.6 Å². The summed E-state index contributed by atoms with van der Waals surface area (Å²) in [6.45, 7) is 8.62. The zero-order chi connectivity index (χ0) is 11.6. The maximum Gasteiger partial charge on any atom is 0.183 e. The van der Waals surface area contributed by atoms with E-state index in [9.17, 15) is 0 Å². The molecular weight excluding hydrogens is 204 g/mol. The molecule has 15 heavy (non-hydrogen) atoms. The molecule has 0 heterocycles. The van der Waals surface area contributed by atoms with E-state index >= 15 is 0 Å². The Bertz CT molecular complexity index is 132. The molecule has 0 aromatic carbocycles. The lowest BCUT2D eigenvalue weighted by Gasteiger charge is -2.16. The van der Waals surface area contributed by atoms with Crippen molar-refractivity contribution in [1.82, 2.24) is 0 Å². The third-order valence-corrected chi connectivity index (χ3v) is 3.35. The molecule has 0 saturated heterocycles. The first-order valence-corrected chi connectivity index (χ1v) is 9.60. The van der Waals surface area contributed by atoms with Crippen LogP contribution in [0.25, 0.3) is 0 Å². The lowest BCUT2D eigenvalue weighted by Crippen LogP contribution is -2.25. The second-order valence-corrected chi connectivity index (χ2v) is 9.59. The summed E-state index contributed by atoms with van der Waals surface area (Å²) in [6, 6.07) is 0. The summed E-state index contributed by atoms with van der Waals surface area (Å²) in [6.07, 6.45) is 7.76. The van der Waals surface area contributed by atoms with Crippen LogP contribution in [0.15, 0.2) is 0 Å². The molecule has 2 nitrogen and oxygen atoms in total. The second-order valence-electron chi connectivity index (χ2n) is 5.07. The molecule has 0 aromatic rings. The van der Waals surface area contributed by atoms with E-state index < -0.39 is 8.32 Å². The van der Waals surface area contributed by atoms with Crippen molar-refractivity contribution in [2.75, 3.05) is 20.3 Å². The monoisotopic (exact) mass is 232 g/mol. The van der Waals surface area contributed by atoms with E-state index in [1.165, 1.54) is 38.5 Å². The van der Waals surface area contributed by atoms with Crippen molar-refractivity contribution < 1.29 is 9.16 Å². The SMILES string of the molecule is COCCCCCCCCO[Si](C)(C)C. The maximum atomic E-state index is 5.79. The minimum Gasteiger partial charge on any atom is -0.418 e. The maximum absolute atomic E-state index is 5.79. The molecule has 92 valence electrons. The highest BCUT2D eigenvalue weighted by Crippen LogP contribution is 2.08. The standard InChI is InChI=1S/C12H28O2Si/c1-13-11-9-7-5-6-8-10-12-14-15(2,3)4/h5-12H2,1-4H3. The highest BCUT2D eigenvalue weighted by molar-refractivity contribution is 6.69. The average molecular weight is 232 g/mol. The van der Waals surface area contributed by atoms with E-state index in [0.717, 1.165) is 13.2 Å². The number of rotatable bonds is 10. The molecule has 0 aliphatic heterocycles. The Labute approximate surface area is 96.5 Å². The second kappa shape index (κ2) is 9.37. The summed E-state index contributed by atoms with van der Waals surface area (Å²) < 4.78 is 10.8. The Morgan fingerprint density at radius 2 is 1.20 bits per heavy atom. The van der Waals surface area contributed by atoms with Gasteiger partial charge in [0.25, 0.3) is 0 Å². The van der Waals surface area contributed by atoms with Crippen molar-refractivity contribution in [3.63, 3.8) is 0 Å². The number of methoxy groups -OCH3 is 1. The van der Waals surface area contributed by atoms with Crippen molar-refractivity contribution in [2.45, 2.75) is 58.2 Å². The van der Waals surface area contributed by atoms with E-state index in [1.807, 2.05) is 0 Å². The van der Waals surface area contributed by atoms with Crippen LogP contribution in [0, 0.1) is 0 Å². The van der Waals surface area contributed by atoms with Crippen LogP contribution in [0.5, 0.6) is 0 Å². The molecule has 3 heteroatoms. The van der Waals surface area contributed by atoms with Crippen molar-refractivity contribution in [3.05, 3.63) is 0 Å². The van der Waals surface area contributed by atoms with Gasteiger partial charge in [0.15, 0.2) is 8.32 Å². The van der Waals surface area contributed by atoms with Gasteiger partial charge in [0.05, 0.1) is 0 Å². The predicted molar refractivity (Wildman–Crippen MR) is 68.9 cm³/mol. The molecule has 0 saturated carbocycles. The summed E-state index contributed by atoms with van der Waals surface area (Å²) in [5, 5.41) is 0. The zero-order valence-corrected chi connectivity index (χ0v) is 12.0. The Balaban J connectivity index is 2.99. The predicted octanol–water partition coefficient (Wildman–Crippen LogP) is 3.82. The third kappa shape index (κ3) is 14.1. The number of unbranched alkanes of at least 4 members (excludes halogenated alkanes) is 5. The van der Waals surface area contributed by atoms with Gasteiger partial charge in [-0.3, -0.25) is 0 Å². The molecule has 0 aromatic heterocycles. The van der Waals surface area contributed by atoms with Gasteiger partial charge in [-0.15, -0.1) is 0 Å². The van der Waals surface area contributed by atoms with Crippen LogP contribution >= 0.6 is 0 Å². The fraction of sp³-hybridized carbons (Fsp3) is 1.00. The Morgan fingerprint density at radius 3 is 1.67 bits per heavy atom. The normalized spacial score (nSPS) is 12.0. The summed E-state index contributed by atoms with van der Waals surface area (Å²) in [4.78, 5) is 0. The average Bonchev–Trinajstić information content (AvgIpc) is 2.14. The third-order valence-electron chi connectivity index (χ3n) is 2.28. The largest absolute Gasteiger partial charge is 0.418 e. The fourth-order valence-electron chi connectivity index (χ4n) is 1.43. The molecule has 0 rings (SSSR count). The summed E-state index contributed by atoms with van der Waals surface area (Å²) >= 11 is 0. The van der Waals surface area contributed by atoms with Gasteiger partial charge in [0.1, 0.15) is 0 Å². The van der Waals surface area contributed by atoms with Crippen LogP contribution < -0.4 is 0 Å². The first kappa shape index (κ1) is 15.1. The Hall–Kier alpha value is 0.137. The lowest BCUT2D eigenvalue weighted by atomic mass is 10.1. The van der Waals surface area contributed by atoms with Crippen LogP contribution in [0.1, 0.15) is 38.5 Å². The highest BCUT2D eigenvalue weighted by Gasteiger charge is 2.12. The summed E-state index contributed by atoms with van der Waals surface area (Å²) in [5.74, 6) is 0. The molecule has 0 fully saturated rings. The molecule has 0 aliphatic rings. The zero-order valence-electron chi connectivity index (χ0n) is 11.0. The van der Waals surface area contributed by atoms with Gasteiger partial charge in [0, 0.05) is 20.3 Å². The van der Waals surface area contributed by atoms with Gasteiger partial charge in [-0.05, 0) is 32.5 Å². The molecular formula is C12H28O2Si. The first-order valence-electron chi connectivity index (χ1n) is 6.19. The fourth-order valence-corrected chi connectivity index (χ4v) is 2.19. The van der Waals surface area contributed by atoms with Gasteiger partial charge in [-0.25, -0.2) is 0 Å². The van der Waals surface area contributed by atoms with Crippen molar-refractivity contribution >= 4 is 8.32 Å². The minimum absolute atomic E-state index is 0.915. The molecule has 0 unspecified atom stereocenters. The number of ether oxygens (including phenoxy) is 1.